The number of hydrogen-bond acceptors (Lipinski definition) is 2. The fraction of sp³-hybridized carbons (Fsp3) is 0.667. The summed E-state index contributed by atoms with van der Waals surface area (Å²) in [7, 11) is 1.73. The van der Waals surface area contributed by atoms with Gasteiger partial charge in [-0.25, -0.2) is 8.78 Å². The normalized spacial score (nSPS) is 12.4. The van der Waals surface area contributed by atoms with Gasteiger partial charge in [0.15, 0.2) is 0 Å². The summed E-state index contributed by atoms with van der Waals surface area (Å²) in [5, 5.41) is 6.19. The second kappa shape index (κ2) is 5.29. The molecular formula is C9H13F4N3. The molecule has 0 bridgehead atoms. The Kier molecular flexibility index (Phi) is 4.28. The van der Waals surface area contributed by atoms with E-state index in [0.717, 1.165) is 5.69 Å². The van der Waals surface area contributed by atoms with Crippen LogP contribution in [0.4, 0.5) is 17.6 Å². The molecule has 7 heteroatoms. The third kappa shape index (κ3) is 3.48. The maximum Gasteiger partial charge on any atom is 0.319 e. The fourth-order valence-corrected chi connectivity index (χ4v) is 1.20. The van der Waals surface area contributed by atoms with Crippen LogP contribution in [0.3, 0.4) is 0 Å². The summed E-state index contributed by atoms with van der Waals surface area (Å²) < 4.78 is 50.1. The van der Waals surface area contributed by atoms with E-state index in [2.05, 4.69) is 10.4 Å². The maximum absolute atomic E-state index is 12.5. The molecule has 3 nitrogen and oxygen atoms in total. The van der Waals surface area contributed by atoms with Crippen LogP contribution < -0.4 is 5.32 Å². The average molecular weight is 239 g/mol. The number of aryl methyl sites for hydroxylation is 1. The van der Waals surface area contributed by atoms with Crippen molar-refractivity contribution in [2.75, 3.05) is 13.1 Å². The van der Waals surface area contributed by atoms with Crippen LogP contribution in [0.15, 0.2) is 12.3 Å². The Morgan fingerprint density at radius 1 is 1.50 bits per heavy atom. The SMILES string of the molecule is Cn1nccc1CCNCC(F)(F)C(F)F. The first kappa shape index (κ1) is 13.0. The molecule has 0 aliphatic rings. The van der Waals surface area contributed by atoms with Crippen molar-refractivity contribution >= 4 is 0 Å². The lowest BCUT2D eigenvalue weighted by molar-refractivity contribution is -0.125. The van der Waals surface area contributed by atoms with Crippen LogP contribution in [0, 0.1) is 0 Å². The van der Waals surface area contributed by atoms with Gasteiger partial charge in [0.25, 0.3) is 0 Å². The molecule has 0 saturated heterocycles. The smallest absolute Gasteiger partial charge is 0.311 e. The molecule has 16 heavy (non-hydrogen) atoms. The van der Waals surface area contributed by atoms with Crippen LogP contribution >= 0.6 is 0 Å². The summed E-state index contributed by atoms with van der Waals surface area (Å²) in [6, 6.07) is 1.74. The number of alkyl halides is 4. The molecular weight excluding hydrogens is 226 g/mol. The minimum absolute atomic E-state index is 0.210. The molecule has 0 spiro atoms. The van der Waals surface area contributed by atoms with Gasteiger partial charge < -0.3 is 5.32 Å². The Bertz CT molecular complexity index is 324. The summed E-state index contributed by atoms with van der Waals surface area (Å²) in [6.45, 7) is -0.801. The van der Waals surface area contributed by atoms with Crippen molar-refractivity contribution in [1.82, 2.24) is 15.1 Å². The molecule has 1 heterocycles. The summed E-state index contributed by atoms with van der Waals surface area (Å²) in [5.74, 6) is -3.97. The first-order chi connectivity index (χ1) is 7.43. The Balaban J connectivity index is 2.25. The Labute approximate surface area is 90.4 Å². The summed E-state index contributed by atoms with van der Waals surface area (Å²) in [6.07, 6.45) is -1.57. The number of halogens is 4. The fourth-order valence-electron chi connectivity index (χ4n) is 1.20. The highest BCUT2D eigenvalue weighted by Gasteiger charge is 2.39. The first-order valence-corrected chi connectivity index (χ1v) is 4.77. The molecule has 92 valence electrons. The number of hydrogen-bond donors (Lipinski definition) is 1. The molecule has 0 radical (unpaired) electrons. The van der Waals surface area contributed by atoms with Crippen molar-refractivity contribution in [3.63, 3.8) is 0 Å². The van der Waals surface area contributed by atoms with E-state index in [1.165, 1.54) is 0 Å². The zero-order valence-electron chi connectivity index (χ0n) is 8.76. The lowest BCUT2D eigenvalue weighted by atomic mass is 10.3. The largest absolute Gasteiger partial charge is 0.319 e. The van der Waals surface area contributed by atoms with Gasteiger partial charge in [0.1, 0.15) is 0 Å². The molecule has 1 aromatic rings. The number of aromatic nitrogens is 2. The second-order valence-corrected chi connectivity index (χ2v) is 3.43. The highest BCUT2D eigenvalue weighted by Crippen LogP contribution is 2.21. The van der Waals surface area contributed by atoms with Crippen LogP contribution in [0.1, 0.15) is 5.69 Å². The molecule has 0 unspecified atom stereocenters. The lowest BCUT2D eigenvalue weighted by Crippen LogP contribution is -2.39. The van der Waals surface area contributed by atoms with Crippen LogP contribution in [-0.4, -0.2) is 35.2 Å². The van der Waals surface area contributed by atoms with Gasteiger partial charge in [-0.05, 0) is 6.07 Å². The van der Waals surface area contributed by atoms with E-state index >= 15 is 0 Å². The highest BCUT2D eigenvalue weighted by atomic mass is 19.3. The van der Waals surface area contributed by atoms with Gasteiger partial charge in [0.2, 0.25) is 0 Å². The maximum atomic E-state index is 12.5. The topological polar surface area (TPSA) is 29.9 Å². The van der Waals surface area contributed by atoms with Gasteiger partial charge in [-0.3, -0.25) is 4.68 Å². The summed E-state index contributed by atoms with van der Waals surface area (Å²) in [4.78, 5) is 0. The monoisotopic (exact) mass is 239 g/mol. The van der Waals surface area contributed by atoms with Gasteiger partial charge >= 0.3 is 12.3 Å². The lowest BCUT2D eigenvalue weighted by Gasteiger charge is -2.15. The van der Waals surface area contributed by atoms with Crippen molar-refractivity contribution in [2.45, 2.75) is 18.8 Å². The quantitative estimate of drug-likeness (QED) is 0.601. The second-order valence-electron chi connectivity index (χ2n) is 3.43. The van der Waals surface area contributed by atoms with E-state index in [1.807, 2.05) is 0 Å². The number of nitrogens with zero attached hydrogens (tertiary/aromatic N) is 2. The number of rotatable bonds is 6. The third-order valence-corrected chi connectivity index (χ3v) is 2.16. The Morgan fingerprint density at radius 3 is 2.69 bits per heavy atom. The molecule has 1 N–H and O–H groups in total. The molecule has 0 aromatic carbocycles. The molecule has 0 atom stereocenters. The van der Waals surface area contributed by atoms with Gasteiger partial charge in [-0.15, -0.1) is 0 Å². The van der Waals surface area contributed by atoms with E-state index in [1.54, 1.807) is 24.0 Å². The molecule has 0 amide bonds. The molecule has 0 fully saturated rings. The van der Waals surface area contributed by atoms with Gasteiger partial charge in [-0.1, -0.05) is 0 Å². The summed E-state index contributed by atoms with van der Waals surface area (Å²) in [5.41, 5.74) is 0.855. The zero-order chi connectivity index (χ0) is 12.2. The van der Waals surface area contributed by atoms with Crippen molar-refractivity contribution in [1.29, 1.82) is 0 Å². The van der Waals surface area contributed by atoms with E-state index in [4.69, 9.17) is 0 Å². The zero-order valence-corrected chi connectivity index (χ0v) is 8.76. The van der Waals surface area contributed by atoms with Gasteiger partial charge in [0.05, 0.1) is 6.54 Å². The Hall–Kier alpha value is -1.11. The highest BCUT2D eigenvalue weighted by molar-refractivity contribution is 5.00. The van der Waals surface area contributed by atoms with E-state index in [-0.39, 0.29) is 6.54 Å². The molecule has 1 rings (SSSR count). The van der Waals surface area contributed by atoms with Crippen LogP contribution in [0.25, 0.3) is 0 Å². The predicted octanol–water partition coefficient (Wildman–Crippen LogP) is 1.45. The first-order valence-electron chi connectivity index (χ1n) is 4.77. The minimum atomic E-state index is -3.97. The molecule has 0 saturated carbocycles. The van der Waals surface area contributed by atoms with E-state index in [0.29, 0.717) is 6.42 Å². The minimum Gasteiger partial charge on any atom is -0.311 e. The number of nitrogens with one attached hydrogen (secondary N) is 1. The van der Waals surface area contributed by atoms with Crippen molar-refractivity contribution in [3.05, 3.63) is 18.0 Å². The average Bonchev–Trinajstić information content (AvgIpc) is 2.59. The Morgan fingerprint density at radius 2 is 2.19 bits per heavy atom. The standard InChI is InChI=1S/C9H13F4N3/c1-16-7(3-5-15-16)2-4-14-6-9(12,13)8(10)11/h3,5,8,14H,2,4,6H2,1H3. The van der Waals surface area contributed by atoms with E-state index < -0.39 is 18.9 Å². The molecule has 1 aromatic heterocycles. The molecule has 0 aliphatic carbocycles. The molecule has 0 aliphatic heterocycles. The van der Waals surface area contributed by atoms with Gasteiger partial charge in [0, 0.05) is 31.9 Å². The van der Waals surface area contributed by atoms with Gasteiger partial charge in [-0.2, -0.15) is 13.9 Å². The van der Waals surface area contributed by atoms with E-state index in [9.17, 15) is 17.6 Å². The van der Waals surface area contributed by atoms with Crippen molar-refractivity contribution in [3.8, 4) is 0 Å². The van der Waals surface area contributed by atoms with Crippen molar-refractivity contribution < 1.29 is 17.6 Å². The third-order valence-electron chi connectivity index (χ3n) is 2.16. The summed E-state index contributed by atoms with van der Waals surface area (Å²) >= 11 is 0. The predicted molar refractivity (Wildman–Crippen MR) is 50.7 cm³/mol. The van der Waals surface area contributed by atoms with Crippen LogP contribution in [0.5, 0.6) is 0 Å². The van der Waals surface area contributed by atoms with Crippen molar-refractivity contribution in [2.24, 2.45) is 7.05 Å². The van der Waals surface area contributed by atoms with Crippen LogP contribution in [-0.2, 0) is 13.5 Å². The van der Waals surface area contributed by atoms with Crippen LogP contribution in [0.2, 0.25) is 0 Å².